The molecule has 0 aliphatic carbocycles. The van der Waals surface area contributed by atoms with Crippen molar-refractivity contribution in [2.45, 2.75) is 24.3 Å². The minimum atomic E-state index is 0.198. The van der Waals surface area contributed by atoms with Gasteiger partial charge in [0, 0.05) is 21.3 Å². The number of hydrogen-bond acceptors (Lipinski definition) is 5. The molecule has 0 fully saturated rings. The summed E-state index contributed by atoms with van der Waals surface area (Å²) in [5, 5.41) is 2.95. The van der Waals surface area contributed by atoms with Gasteiger partial charge in [-0.05, 0) is 35.8 Å². The van der Waals surface area contributed by atoms with Gasteiger partial charge >= 0.3 is 0 Å². The molecule has 0 bridgehead atoms. The topological polar surface area (TPSA) is 52.0 Å². The fraction of sp³-hybridized carbons (Fsp3) is 0.364. The van der Waals surface area contributed by atoms with Crippen LogP contribution >= 0.6 is 39.0 Å². The summed E-state index contributed by atoms with van der Waals surface area (Å²) in [6, 6.07) is 2.10. The molecular formula is C11H13BrN2OS2. The Kier molecular flexibility index (Phi) is 4.30. The molecular weight excluding hydrogens is 320 g/mol. The van der Waals surface area contributed by atoms with E-state index in [2.05, 4.69) is 32.4 Å². The molecule has 0 aromatic carbocycles. The van der Waals surface area contributed by atoms with Crippen molar-refractivity contribution in [2.24, 2.45) is 5.73 Å². The second-order valence-corrected chi connectivity index (χ2v) is 6.64. The minimum Gasteiger partial charge on any atom is -0.437 e. The van der Waals surface area contributed by atoms with Gasteiger partial charge in [-0.1, -0.05) is 11.8 Å². The first kappa shape index (κ1) is 13.1. The van der Waals surface area contributed by atoms with Gasteiger partial charge in [0.25, 0.3) is 5.22 Å². The molecule has 6 heteroatoms. The maximum absolute atomic E-state index is 5.81. The molecule has 2 aromatic rings. The highest BCUT2D eigenvalue weighted by Gasteiger charge is 2.17. The predicted octanol–water partition coefficient (Wildman–Crippen LogP) is 3.91. The summed E-state index contributed by atoms with van der Waals surface area (Å²) in [5.74, 6) is 0.871. The zero-order valence-electron chi connectivity index (χ0n) is 9.57. The third-order valence-corrected chi connectivity index (χ3v) is 5.43. The molecule has 0 amide bonds. The van der Waals surface area contributed by atoms with Gasteiger partial charge in [-0.3, -0.25) is 0 Å². The fourth-order valence-corrected chi connectivity index (χ4v) is 3.97. The van der Waals surface area contributed by atoms with Crippen molar-refractivity contribution in [3.63, 3.8) is 0 Å². The molecule has 2 N–H and O–H groups in total. The van der Waals surface area contributed by atoms with Gasteiger partial charge in [0.05, 0.1) is 10.9 Å². The molecule has 3 nitrogen and oxygen atoms in total. The smallest absolute Gasteiger partial charge is 0.256 e. The molecule has 0 radical (unpaired) electrons. The number of aromatic nitrogens is 1. The van der Waals surface area contributed by atoms with Gasteiger partial charge in [0.2, 0.25) is 0 Å². The van der Waals surface area contributed by atoms with E-state index in [4.69, 9.17) is 10.2 Å². The Morgan fingerprint density at radius 1 is 1.59 bits per heavy atom. The van der Waals surface area contributed by atoms with Crippen LogP contribution in [0.1, 0.15) is 21.6 Å². The second kappa shape index (κ2) is 5.56. The fourth-order valence-electron chi connectivity index (χ4n) is 1.33. The molecule has 1 atom stereocenters. The van der Waals surface area contributed by atoms with Crippen molar-refractivity contribution < 1.29 is 4.42 Å². The van der Waals surface area contributed by atoms with E-state index >= 15 is 0 Å². The summed E-state index contributed by atoms with van der Waals surface area (Å²) < 4.78 is 6.66. The zero-order valence-corrected chi connectivity index (χ0v) is 12.8. The molecule has 2 aromatic heterocycles. The maximum atomic E-state index is 5.81. The van der Waals surface area contributed by atoms with Crippen LogP contribution in [0.15, 0.2) is 25.6 Å². The van der Waals surface area contributed by atoms with E-state index in [1.54, 1.807) is 23.1 Å². The Balaban J connectivity index is 2.15. The lowest BCUT2D eigenvalue weighted by molar-refractivity contribution is 0.430. The number of rotatable bonds is 4. The van der Waals surface area contributed by atoms with Crippen LogP contribution in [0.5, 0.6) is 0 Å². The summed E-state index contributed by atoms with van der Waals surface area (Å²) in [4.78, 5) is 5.60. The highest BCUT2D eigenvalue weighted by atomic mass is 79.9. The van der Waals surface area contributed by atoms with Gasteiger partial charge in [-0.2, -0.15) is 0 Å². The van der Waals surface area contributed by atoms with Crippen LogP contribution < -0.4 is 5.73 Å². The Labute approximate surface area is 117 Å². The number of oxazole rings is 1. The summed E-state index contributed by atoms with van der Waals surface area (Å²) in [6.07, 6.45) is 0. The highest BCUT2D eigenvalue weighted by molar-refractivity contribution is 9.10. The second-order valence-electron chi connectivity index (χ2n) is 3.63. The van der Waals surface area contributed by atoms with Crippen LogP contribution in [0.4, 0.5) is 0 Å². The number of aryl methyl sites for hydroxylation is 2. The average molecular weight is 333 g/mol. The maximum Gasteiger partial charge on any atom is 0.256 e. The monoisotopic (exact) mass is 332 g/mol. The molecule has 92 valence electrons. The summed E-state index contributed by atoms with van der Waals surface area (Å²) in [7, 11) is 0. The van der Waals surface area contributed by atoms with Crippen LogP contribution in [0.2, 0.25) is 0 Å². The average Bonchev–Trinajstić information content (AvgIpc) is 2.83. The van der Waals surface area contributed by atoms with E-state index in [1.165, 1.54) is 4.88 Å². The van der Waals surface area contributed by atoms with E-state index in [-0.39, 0.29) is 5.25 Å². The lowest BCUT2D eigenvalue weighted by Gasteiger charge is -2.09. The van der Waals surface area contributed by atoms with Crippen molar-refractivity contribution in [3.05, 3.63) is 32.3 Å². The van der Waals surface area contributed by atoms with E-state index < -0.39 is 0 Å². The van der Waals surface area contributed by atoms with Crippen molar-refractivity contribution in [3.8, 4) is 0 Å². The Morgan fingerprint density at radius 2 is 2.35 bits per heavy atom. The molecule has 2 rings (SSSR count). The summed E-state index contributed by atoms with van der Waals surface area (Å²) >= 11 is 6.72. The standard InChI is InChI=1S/C11H13BrN2OS2/c1-6-7(2)15-11(14-6)17-10(4-13)9-3-8(12)5-16-9/h3,5,10H,4,13H2,1-2H3. The molecule has 17 heavy (non-hydrogen) atoms. The number of halogens is 1. The molecule has 0 saturated heterocycles. The molecule has 1 unspecified atom stereocenters. The first-order valence-corrected chi connectivity index (χ1v) is 7.70. The van der Waals surface area contributed by atoms with Gasteiger partial charge < -0.3 is 10.2 Å². The Bertz CT molecular complexity index is 490. The molecule has 0 saturated carbocycles. The molecule has 0 aliphatic heterocycles. The lowest BCUT2D eigenvalue weighted by Crippen LogP contribution is -2.07. The molecule has 0 aliphatic rings. The van der Waals surface area contributed by atoms with Gasteiger partial charge in [-0.15, -0.1) is 11.3 Å². The largest absolute Gasteiger partial charge is 0.437 e. The van der Waals surface area contributed by atoms with E-state index in [9.17, 15) is 0 Å². The third-order valence-electron chi connectivity index (χ3n) is 2.37. The van der Waals surface area contributed by atoms with E-state index in [0.717, 1.165) is 15.9 Å². The SMILES string of the molecule is Cc1nc(SC(CN)c2cc(Br)cs2)oc1C. The third kappa shape index (κ3) is 3.13. The molecule has 0 spiro atoms. The number of nitrogens with two attached hydrogens (primary N) is 1. The lowest BCUT2D eigenvalue weighted by atomic mass is 10.3. The highest BCUT2D eigenvalue weighted by Crippen LogP contribution is 2.38. The van der Waals surface area contributed by atoms with E-state index in [0.29, 0.717) is 11.8 Å². The van der Waals surface area contributed by atoms with Crippen LogP contribution in [0.3, 0.4) is 0 Å². The summed E-state index contributed by atoms with van der Waals surface area (Å²) in [5.41, 5.74) is 6.75. The Morgan fingerprint density at radius 3 is 2.82 bits per heavy atom. The summed E-state index contributed by atoms with van der Waals surface area (Å²) in [6.45, 7) is 4.44. The van der Waals surface area contributed by atoms with Crippen molar-refractivity contribution in [1.82, 2.24) is 4.98 Å². The predicted molar refractivity (Wildman–Crippen MR) is 75.6 cm³/mol. The first-order chi connectivity index (χ1) is 8.10. The number of hydrogen-bond donors (Lipinski definition) is 1. The molecule has 2 heterocycles. The van der Waals surface area contributed by atoms with Gasteiger partial charge in [0.15, 0.2) is 0 Å². The van der Waals surface area contributed by atoms with Crippen molar-refractivity contribution in [1.29, 1.82) is 0 Å². The Hall–Kier alpha value is -0.300. The minimum absolute atomic E-state index is 0.198. The normalized spacial score (nSPS) is 12.9. The van der Waals surface area contributed by atoms with Gasteiger partial charge in [-0.25, -0.2) is 4.98 Å². The first-order valence-electron chi connectivity index (χ1n) is 5.15. The van der Waals surface area contributed by atoms with Crippen LogP contribution in [0.25, 0.3) is 0 Å². The quantitative estimate of drug-likeness (QED) is 0.862. The number of thiophene rings is 1. The van der Waals surface area contributed by atoms with E-state index in [1.807, 2.05) is 13.8 Å². The zero-order chi connectivity index (χ0) is 12.4. The van der Waals surface area contributed by atoms with Crippen molar-refractivity contribution in [2.75, 3.05) is 6.54 Å². The number of thioether (sulfide) groups is 1. The van der Waals surface area contributed by atoms with Crippen LogP contribution in [-0.2, 0) is 0 Å². The number of nitrogens with zero attached hydrogens (tertiary/aromatic N) is 1. The van der Waals surface area contributed by atoms with Gasteiger partial charge in [0.1, 0.15) is 5.76 Å². The van der Waals surface area contributed by atoms with Crippen LogP contribution in [0, 0.1) is 13.8 Å². The van der Waals surface area contributed by atoms with Crippen molar-refractivity contribution >= 4 is 39.0 Å². The van der Waals surface area contributed by atoms with Crippen LogP contribution in [-0.4, -0.2) is 11.5 Å².